The third-order valence-corrected chi connectivity index (χ3v) is 5.20. The summed E-state index contributed by atoms with van der Waals surface area (Å²) in [4.78, 5) is 9.69. The normalized spacial score (nSPS) is 15.5. The van der Waals surface area contributed by atoms with Crippen LogP contribution in [0.3, 0.4) is 0 Å². The molecule has 0 aliphatic heterocycles. The predicted molar refractivity (Wildman–Crippen MR) is 105 cm³/mol. The van der Waals surface area contributed by atoms with Crippen molar-refractivity contribution < 1.29 is 4.42 Å². The lowest BCUT2D eigenvalue weighted by Gasteiger charge is -2.23. The van der Waals surface area contributed by atoms with Crippen molar-refractivity contribution >= 4 is 27.9 Å². The molecule has 0 bridgehead atoms. The molecule has 2 heterocycles. The number of hydrogen-bond donors (Lipinski definition) is 1. The van der Waals surface area contributed by atoms with E-state index in [1.807, 2.05) is 48.5 Å². The van der Waals surface area contributed by atoms with Crippen molar-refractivity contribution in [3.05, 3.63) is 54.6 Å². The van der Waals surface area contributed by atoms with Gasteiger partial charge in [0, 0.05) is 17.0 Å². The van der Waals surface area contributed by atoms with Crippen LogP contribution in [0.5, 0.6) is 0 Å². The number of furan rings is 1. The fourth-order valence-electron chi connectivity index (χ4n) is 3.85. The average molecular weight is 343 g/mol. The molecule has 2 aromatic heterocycles. The number of nitrogens with one attached hydrogen (secondary N) is 1. The lowest BCUT2D eigenvalue weighted by Crippen LogP contribution is -2.23. The first kappa shape index (κ1) is 15.4. The van der Waals surface area contributed by atoms with Crippen LogP contribution in [0.2, 0.25) is 0 Å². The average Bonchev–Trinajstić information content (AvgIpc) is 3.09. The van der Waals surface area contributed by atoms with Gasteiger partial charge in [0.15, 0.2) is 17.2 Å². The lowest BCUT2D eigenvalue weighted by atomic mass is 9.95. The van der Waals surface area contributed by atoms with Gasteiger partial charge in [-0.05, 0) is 25.0 Å². The summed E-state index contributed by atoms with van der Waals surface area (Å²) in [7, 11) is 0. The summed E-state index contributed by atoms with van der Waals surface area (Å²) in [5, 5.41) is 4.69. The predicted octanol–water partition coefficient (Wildman–Crippen LogP) is 5.79. The Morgan fingerprint density at radius 3 is 2.46 bits per heavy atom. The summed E-state index contributed by atoms with van der Waals surface area (Å²) in [6, 6.07) is 18.7. The van der Waals surface area contributed by atoms with Crippen molar-refractivity contribution in [2.75, 3.05) is 5.32 Å². The molecule has 4 heteroatoms. The summed E-state index contributed by atoms with van der Waals surface area (Å²) >= 11 is 0. The molecular weight excluding hydrogens is 322 g/mol. The Morgan fingerprint density at radius 2 is 1.62 bits per heavy atom. The van der Waals surface area contributed by atoms with E-state index in [2.05, 4.69) is 11.4 Å². The van der Waals surface area contributed by atoms with E-state index in [1.54, 1.807) is 0 Å². The zero-order valence-corrected chi connectivity index (χ0v) is 14.6. The highest BCUT2D eigenvalue weighted by Crippen LogP contribution is 2.34. The zero-order valence-electron chi connectivity index (χ0n) is 14.6. The Kier molecular flexibility index (Phi) is 3.81. The first-order chi connectivity index (χ1) is 12.9. The van der Waals surface area contributed by atoms with Crippen LogP contribution in [-0.2, 0) is 0 Å². The summed E-state index contributed by atoms with van der Waals surface area (Å²) in [6.07, 6.45) is 6.26. The van der Waals surface area contributed by atoms with Crippen LogP contribution < -0.4 is 5.32 Å². The number of benzene rings is 2. The number of nitrogens with zero attached hydrogens (tertiary/aromatic N) is 2. The SMILES string of the molecule is c1ccc(-c2nc(NC3CCCCC3)c3oc4ccccc4c3n2)cc1. The molecule has 130 valence electrons. The molecule has 0 atom stereocenters. The van der Waals surface area contributed by atoms with Crippen molar-refractivity contribution in [3.8, 4) is 11.4 Å². The van der Waals surface area contributed by atoms with Crippen LogP contribution in [0.1, 0.15) is 32.1 Å². The molecular formula is C22H21N3O. The van der Waals surface area contributed by atoms with Gasteiger partial charge in [0.05, 0.1) is 0 Å². The smallest absolute Gasteiger partial charge is 0.196 e. The van der Waals surface area contributed by atoms with Gasteiger partial charge in [-0.15, -0.1) is 0 Å². The second kappa shape index (κ2) is 6.45. The van der Waals surface area contributed by atoms with Crippen LogP contribution in [0, 0.1) is 0 Å². The summed E-state index contributed by atoms with van der Waals surface area (Å²) < 4.78 is 6.13. The van der Waals surface area contributed by atoms with Crippen LogP contribution >= 0.6 is 0 Å². The van der Waals surface area contributed by atoms with Crippen LogP contribution in [0.15, 0.2) is 59.0 Å². The Hall–Kier alpha value is -2.88. The van der Waals surface area contributed by atoms with Crippen LogP contribution in [0.4, 0.5) is 5.82 Å². The fourth-order valence-corrected chi connectivity index (χ4v) is 3.85. The molecule has 4 nitrogen and oxygen atoms in total. The van der Waals surface area contributed by atoms with Crippen molar-refractivity contribution in [2.24, 2.45) is 0 Å². The third kappa shape index (κ3) is 2.71. The highest BCUT2D eigenvalue weighted by atomic mass is 16.3. The van der Waals surface area contributed by atoms with Crippen LogP contribution in [0.25, 0.3) is 33.5 Å². The first-order valence-corrected chi connectivity index (χ1v) is 9.40. The fraction of sp³-hybridized carbons (Fsp3) is 0.273. The maximum Gasteiger partial charge on any atom is 0.196 e. The second-order valence-electron chi connectivity index (χ2n) is 7.02. The van der Waals surface area contributed by atoms with E-state index in [9.17, 15) is 0 Å². The zero-order chi connectivity index (χ0) is 17.3. The minimum Gasteiger partial charge on any atom is -0.450 e. The maximum atomic E-state index is 6.13. The van der Waals surface area contributed by atoms with Gasteiger partial charge in [-0.3, -0.25) is 0 Å². The standard InChI is InChI=1S/C22H21N3O/c1-3-9-15(10-4-1)21-24-19-17-13-7-8-14-18(17)26-20(19)22(25-21)23-16-11-5-2-6-12-16/h1,3-4,7-10,13-14,16H,2,5-6,11-12H2,(H,23,24,25). The number of rotatable bonds is 3. The van der Waals surface area contributed by atoms with Crippen molar-refractivity contribution in [1.82, 2.24) is 9.97 Å². The summed E-state index contributed by atoms with van der Waals surface area (Å²) in [5.41, 5.74) is 3.52. The first-order valence-electron chi connectivity index (χ1n) is 9.40. The summed E-state index contributed by atoms with van der Waals surface area (Å²) in [5.74, 6) is 1.56. The molecule has 1 saturated carbocycles. The quantitative estimate of drug-likeness (QED) is 0.512. The van der Waals surface area contributed by atoms with E-state index in [1.165, 1.54) is 32.1 Å². The van der Waals surface area contributed by atoms with Gasteiger partial charge in [-0.2, -0.15) is 0 Å². The number of anilines is 1. The molecule has 0 radical (unpaired) electrons. The molecule has 5 rings (SSSR count). The molecule has 26 heavy (non-hydrogen) atoms. The molecule has 0 saturated heterocycles. The van der Waals surface area contributed by atoms with E-state index in [-0.39, 0.29) is 0 Å². The van der Waals surface area contributed by atoms with Gasteiger partial charge in [0.1, 0.15) is 11.1 Å². The topological polar surface area (TPSA) is 51.0 Å². The number of aromatic nitrogens is 2. The van der Waals surface area contributed by atoms with E-state index in [0.717, 1.165) is 39.3 Å². The van der Waals surface area contributed by atoms with Gasteiger partial charge in [0.2, 0.25) is 0 Å². The third-order valence-electron chi connectivity index (χ3n) is 5.20. The molecule has 1 aliphatic rings. The van der Waals surface area contributed by atoms with Gasteiger partial charge >= 0.3 is 0 Å². The maximum absolute atomic E-state index is 6.13. The molecule has 0 spiro atoms. The van der Waals surface area contributed by atoms with E-state index in [4.69, 9.17) is 14.4 Å². The number of hydrogen-bond acceptors (Lipinski definition) is 4. The second-order valence-corrected chi connectivity index (χ2v) is 7.02. The largest absolute Gasteiger partial charge is 0.450 e. The van der Waals surface area contributed by atoms with Gasteiger partial charge in [-0.1, -0.05) is 61.7 Å². The lowest BCUT2D eigenvalue weighted by molar-refractivity contribution is 0.461. The Bertz CT molecular complexity index is 1050. The van der Waals surface area contributed by atoms with Crippen molar-refractivity contribution in [1.29, 1.82) is 0 Å². The Balaban J connectivity index is 1.69. The molecule has 1 N–H and O–H groups in total. The van der Waals surface area contributed by atoms with E-state index in [0.29, 0.717) is 6.04 Å². The minimum atomic E-state index is 0.457. The Morgan fingerprint density at radius 1 is 0.846 bits per heavy atom. The highest BCUT2D eigenvalue weighted by molar-refractivity contribution is 6.06. The van der Waals surface area contributed by atoms with E-state index < -0.39 is 0 Å². The van der Waals surface area contributed by atoms with Gasteiger partial charge < -0.3 is 9.73 Å². The minimum absolute atomic E-state index is 0.457. The van der Waals surface area contributed by atoms with Crippen LogP contribution in [-0.4, -0.2) is 16.0 Å². The van der Waals surface area contributed by atoms with Crippen molar-refractivity contribution in [3.63, 3.8) is 0 Å². The monoisotopic (exact) mass is 343 g/mol. The molecule has 1 fully saturated rings. The number of para-hydroxylation sites is 1. The Labute approximate surface area is 152 Å². The molecule has 2 aromatic carbocycles. The molecule has 4 aromatic rings. The number of fused-ring (bicyclic) bond motifs is 3. The molecule has 0 amide bonds. The van der Waals surface area contributed by atoms with Gasteiger partial charge in [0.25, 0.3) is 0 Å². The highest BCUT2D eigenvalue weighted by Gasteiger charge is 2.20. The van der Waals surface area contributed by atoms with E-state index >= 15 is 0 Å². The van der Waals surface area contributed by atoms with Gasteiger partial charge in [-0.25, -0.2) is 9.97 Å². The molecule has 0 unspecified atom stereocenters. The molecule has 1 aliphatic carbocycles. The summed E-state index contributed by atoms with van der Waals surface area (Å²) in [6.45, 7) is 0. The van der Waals surface area contributed by atoms with Crippen molar-refractivity contribution in [2.45, 2.75) is 38.1 Å².